The van der Waals surface area contributed by atoms with Gasteiger partial charge >= 0.3 is 0 Å². The van der Waals surface area contributed by atoms with E-state index in [9.17, 15) is 4.79 Å². The molecule has 4 nitrogen and oxygen atoms in total. The Hall–Kier alpha value is -1.81. The lowest BCUT2D eigenvalue weighted by Crippen LogP contribution is -2.64. The molecule has 0 saturated carbocycles. The Morgan fingerprint density at radius 2 is 2.27 bits per heavy atom. The molecule has 3 unspecified atom stereocenters. The number of hydrogen-bond donors (Lipinski definition) is 0. The van der Waals surface area contributed by atoms with Gasteiger partial charge in [0.15, 0.2) is 23.4 Å². The molecule has 2 aliphatic heterocycles. The Morgan fingerprint density at radius 3 is 3.09 bits per heavy atom. The lowest BCUT2D eigenvalue weighted by atomic mass is 9.53. The van der Waals surface area contributed by atoms with Crippen LogP contribution in [0.1, 0.15) is 17.5 Å². The lowest BCUT2D eigenvalue weighted by Gasteiger charge is -2.55. The maximum atomic E-state index is 12.5. The Kier molecular flexibility index (Phi) is 2.27. The molecular weight excluding hydrogens is 278 g/mol. The molecule has 2 heterocycles. The Morgan fingerprint density at radius 1 is 1.41 bits per heavy atom. The summed E-state index contributed by atoms with van der Waals surface area (Å²) in [5.74, 6) is 2.03. The number of nitrogens with zero attached hydrogens (tertiary/aromatic N) is 1. The monoisotopic (exact) mass is 297 g/mol. The van der Waals surface area contributed by atoms with Crippen LogP contribution in [-0.4, -0.2) is 43.5 Å². The molecule has 2 bridgehead atoms. The zero-order valence-electron chi connectivity index (χ0n) is 12.8. The molecule has 1 aromatic rings. The van der Waals surface area contributed by atoms with E-state index in [4.69, 9.17) is 9.47 Å². The van der Waals surface area contributed by atoms with Crippen LogP contribution in [0.2, 0.25) is 0 Å². The summed E-state index contributed by atoms with van der Waals surface area (Å²) in [6.45, 7) is 1.01. The van der Waals surface area contributed by atoms with Crippen molar-refractivity contribution in [2.75, 3.05) is 20.7 Å². The summed E-state index contributed by atoms with van der Waals surface area (Å²) in [5, 5.41) is 0. The first kappa shape index (κ1) is 12.7. The van der Waals surface area contributed by atoms with Crippen LogP contribution in [0.4, 0.5) is 0 Å². The van der Waals surface area contributed by atoms with Crippen molar-refractivity contribution in [3.05, 3.63) is 35.4 Å². The Labute approximate surface area is 129 Å². The molecule has 22 heavy (non-hydrogen) atoms. The van der Waals surface area contributed by atoms with Gasteiger partial charge in [0, 0.05) is 17.5 Å². The van der Waals surface area contributed by atoms with Crippen molar-refractivity contribution < 1.29 is 14.3 Å². The largest absolute Gasteiger partial charge is 0.493 e. The quantitative estimate of drug-likeness (QED) is 0.791. The van der Waals surface area contributed by atoms with Crippen molar-refractivity contribution in [3.8, 4) is 11.5 Å². The summed E-state index contributed by atoms with van der Waals surface area (Å²) < 4.78 is 11.7. The minimum absolute atomic E-state index is 0.102. The minimum Gasteiger partial charge on any atom is -0.493 e. The van der Waals surface area contributed by atoms with Crippen LogP contribution >= 0.6 is 0 Å². The van der Waals surface area contributed by atoms with Gasteiger partial charge < -0.3 is 14.4 Å². The fourth-order valence-corrected chi connectivity index (χ4v) is 5.23. The number of carbonyl (C=O) groups excluding carboxylic acids is 1. The predicted octanol–water partition coefficient (Wildman–Crippen LogP) is 1.71. The van der Waals surface area contributed by atoms with Gasteiger partial charge in [-0.3, -0.25) is 4.79 Å². The molecule has 0 N–H and O–H groups in total. The normalized spacial score (nSPS) is 37.7. The maximum Gasteiger partial charge on any atom is 0.196 e. The third-order valence-electron chi connectivity index (χ3n) is 6.21. The van der Waals surface area contributed by atoms with Gasteiger partial charge in [-0.05, 0) is 44.1 Å². The highest BCUT2D eigenvalue weighted by atomic mass is 16.5. The number of likely N-dealkylation sites (tertiary alicyclic amines) is 1. The van der Waals surface area contributed by atoms with Crippen LogP contribution < -0.4 is 9.47 Å². The third-order valence-corrected chi connectivity index (χ3v) is 6.21. The van der Waals surface area contributed by atoms with Crippen LogP contribution in [0.3, 0.4) is 0 Å². The first-order chi connectivity index (χ1) is 10.7. The minimum atomic E-state index is -0.371. The number of benzene rings is 1. The molecule has 1 fully saturated rings. The van der Waals surface area contributed by atoms with Gasteiger partial charge in [0.2, 0.25) is 0 Å². The van der Waals surface area contributed by atoms with Crippen LogP contribution in [-0.2, 0) is 16.6 Å². The van der Waals surface area contributed by atoms with E-state index >= 15 is 0 Å². The first-order valence-corrected chi connectivity index (χ1v) is 7.96. The van der Waals surface area contributed by atoms with Crippen molar-refractivity contribution in [1.82, 2.24) is 4.90 Å². The third kappa shape index (κ3) is 1.23. The highest BCUT2D eigenvalue weighted by Gasteiger charge is 2.64. The Balaban J connectivity index is 1.84. The molecule has 4 aliphatic rings. The zero-order valence-corrected chi connectivity index (χ0v) is 12.8. The number of rotatable bonds is 1. The van der Waals surface area contributed by atoms with E-state index in [2.05, 4.69) is 24.1 Å². The van der Waals surface area contributed by atoms with E-state index in [1.807, 2.05) is 6.07 Å². The fourth-order valence-electron chi connectivity index (χ4n) is 5.23. The smallest absolute Gasteiger partial charge is 0.196 e. The van der Waals surface area contributed by atoms with Crippen LogP contribution in [0, 0.1) is 5.92 Å². The molecule has 5 rings (SSSR count). The van der Waals surface area contributed by atoms with Gasteiger partial charge in [-0.1, -0.05) is 12.1 Å². The molecule has 4 atom stereocenters. The summed E-state index contributed by atoms with van der Waals surface area (Å²) in [7, 11) is 3.86. The van der Waals surface area contributed by atoms with E-state index in [-0.39, 0.29) is 17.3 Å². The number of piperidine rings is 1. The van der Waals surface area contributed by atoms with Crippen LogP contribution in [0.25, 0.3) is 0 Å². The highest BCUT2D eigenvalue weighted by Crippen LogP contribution is 2.61. The molecule has 4 heteroatoms. The van der Waals surface area contributed by atoms with Gasteiger partial charge in [0.1, 0.15) is 0 Å². The van der Waals surface area contributed by atoms with Crippen molar-refractivity contribution in [3.63, 3.8) is 0 Å². The van der Waals surface area contributed by atoms with Crippen molar-refractivity contribution in [2.45, 2.75) is 30.4 Å². The maximum absolute atomic E-state index is 12.5. The second-order valence-electron chi connectivity index (χ2n) is 6.96. The average molecular weight is 297 g/mol. The molecule has 1 aromatic carbocycles. The van der Waals surface area contributed by atoms with Gasteiger partial charge in [0.25, 0.3) is 0 Å². The van der Waals surface area contributed by atoms with Crippen molar-refractivity contribution >= 4 is 5.78 Å². The predicted molar refractivity (Wildman–Crippen MR) is 81.5 cm³/mol. The summed E-state index contributed by atoms with van der Waals surface area (Å²) >= 11 is 0. The molecule has 114 valence electrons. The van der Waals surface area contributed by atoms with E-state index in [1.54, 1.807) is 13.2 Å². The molecule has 1 spiro atoms. The summed E-state index contributed by atoms with van der Waals surface area (Å²) in [5.41, 5.74) is 2.40. The number of likely N-dealkylation sites (N-methyl/N-ethyl adjacent to an activating group) is 1. The van der Waals surface area contributed by atoms with Gasteiger partial charge in [-0.2, -0.15) is 0 Å². The highest BCUT2D eigenvalue weighted by molar-refractivity contribution is 5.98. The second-order valence-corrected chi connectivity index (χ2v) is 6.96. The van der Waals surface area contributed by atoms with Crippen LogP contribution in [0.15, 0.2) is 24.3 Å². The van der Waals surface area contributed by atoms with E-state index in [0.717, 1.165) is 30.9 Å². The number of ketones is 1. The lowest BCUT2D eigenvalue weighted by molar-refractivity contribution is -0.127. The molecule has 0 aromatic heterocycles. The molecule has 2 aliphatic carbocycles. The molecular formula is C18H19NO3. The first-order valence-electron chi connectivity index (χ1n) is 7.96. The number of methoxy groups -OCH3 is 1. The molecule has 0 amide bonds. The van der Waals surface area contributed by atoms with E-state index < -0.39 is 0 Å². The van der Waals surface area contributed by atoms with Gasteiger partial charge in [-0.15, -0.1) is 0 Å². The van der Waals surface area contributed by atoms with E-state index in [0.29, 0.717) is 12.0 Å². The number of hydrogen-bond acceptors (Lipinski definition) is 4. The summed E-state index contributed by atoms with van der Waals surface area (Å²) in [6.07, 6.45) is 5.50. The fraction of sp³-hybridized carbons (Fsp3) is 0.500. The molecule has 1 saturated heterocycles. The average Bonchev–Trinajstić information content (AvgIpc) is 2.88. The molecule has 0 radical (unpaired) electrons. The number of ether oxygens (including phenoxy) is 2. The van der Waals surface area contributed by atoms with Crippen molar-refractivity contribution in [2.24, 2.45) is 5.92 Å². The summed E-state index contributed by atoms with van der Waals surface area (Å²) in [4.78, 5) is 15.0. The van der Waals surface area contributed by atoms with Gasteiger partial charge in [0.05, 0.1) is 12.5 Å². The zero-order chi connectivity index (χ0) is 15.1. The second kappa shape index (κ2) is 3.93. The van der Waals surface area contributed by atoms with E-state index in [1.165, 1.54) is 11.1 Å². The standard InChI is InChI=1S/C18H19NO3/c1-19-8-7-18-11-4-5-13(20)17(18)22-16-14(21-2)6-3-10(15(16)18)9-12(11)19/h3-6,11-12,17H,7-9H2,1-2H3/t11?,12?,17?,18-/m0/s1. The van der Waals surface area contributed by atoms with Crippen LogP contribution in [0.5, 0.6) is 11.5 Å². The number of carbonyl (C=O) groups is 1. The SMILES string of the molecule is COc1ccc2c3c1OC1C(=O)C=CC4C(C2)N(C)CC[C@]314. The summed E-state index contributed by atoms with van der Waals surface area (Å²) in [6, 6.07) is 4.60. The van der Waals surface area contributed by atoms with Gasteiger partial charge in [-0.25, -0.2) is 0 Å². The Bertz CT molecular complexity index is 725. The van der Waals surface area contributed by atoms with Crippen molar-refractivity contribution in [1.29, 1.82) is 0 Å². The topological polar surface area (TPSA) is 38.8 Å².